The van der Waals surface area contributed by atoms with Crippen LogP contribution < -0.4 is 0 Å². The van der Waals surface area contributed by atoms with Crippen molar-refractivity contribution in [3.8, 4) is 0 Å². The minimum absolute atomic E-state index is 0.122. The molecule has 1 aliphatic heterocycles. The van der Waals surface area contributed by atoms with Crippen molar-refractivity contribution in [2.45, 2.75) is 44.2 Å². The van der Waals surface area contributed by atoms with E-state index < -0.39 is 22.0 Å². The van der Waals surface area contributed by atoms with E-state index in [9.17, 15) is 13.2 Å². The largest absolute Gasteiger partial charge is 0.460 e. The molecule has 7 nitrogen and oxygen atoms in total. The van der Waals surface area contributed by atoms with Crippen LogP contribution in [0.15, 0.2) is 105 Å². The molecule has 0 fully saturated rings. The standard InChI is InChI=1S/C31H30BrN3O4S/c1-5-29-25-9-8-12-28(34-20-33-27-11-7-6-10-26(27)32)31(25)23(19-30(36)39-21(2)3)17-18-35(29)40(37,38)24-15-13-22(4)14-16-24/h5-16,19,21,29H,1,17-18H2,2-4H3/b23-19+/t29-/m1/s1. The second-order valence-corrected chi connectivity index (χ2v) is 12.3. The highest BCUT2D eigenvalue weighted by Gasteiger charge is 2.35. The van der Waals surface area contributed by atoms with Gasteiger partial charge in [0.25, 0.3) is 0 Å². The first-order valence-electron chi connectivity index (χ1n) is 12.8. The highest BCUT2D eigenvalue weighted by molar-refractivity contribution is 9.10. The lowest BCUT2D eigenvalue weighted by molar-refractivity contribution is -0.141. The molecule has 1 atom stereocenters. The van der Waals surface area contributed by atoms with Crippen molar-refractivity contribution in [1.29, 1.82) is 0 Å². The topological polar surface area (TPSA) is 88.4 Å². The third kappa shape index (κ3) is 6.57. The number of sulfonamides is 1. The quantitative estimate of drug-likeness (QED) is 0.118. The summed E-state index contributed by atoms with van der Waals surface area (Å²) < 4.78 is 35.3. The summed E-state index contributed by atoms with van der Waals surface area (Å²) in [5.41, 5.74) is 4.00. The van der Waals surface area contributed by atoms with Crippen molar-refractivity contribution in [3.05, 3.63) is 107 Å². The molecule has 0 spiro atoms. The van der Waals surface area contributed by atoms with Gasteiger partial charge in [0.1, 0.15) is 6.01 Å². The lowest BCUT2D eigenvalue weighted by atomic mass is 9.93. The lowest BCUT2D eigenvalue weighted by Gasteiger charge is -2.28. The van der Waals surface area contributed by atoms with Crippen molar-refractivity contribution >= 4 is 54.9 Å². The van der Waals surface area contributed by atoms with Crippen LogP contribution in [0.5, 0.6) is 0 Å². The molecule has 40 heavy (non-hydrogen) atoms. The summed E-state index contributed by atoms with van der Waals surface area (Å²) in [6, 6.07) is 21.6. The number of carbonyl (C=O) groups excluding carboxylic acids is 1. The maximum Gasteiger partial charge on any atom is 0.331 e. The Kier molecular flexibility index (Phi) is 9.32. The monoisotopic (exact) mass is 619 g/mol. The third-order valence-corrected chi connectivity index (χ3v) is 8.88. The van der Waals surface area contributed by atoms with Crippen molar-refractivity contribution in [3.63, 3.8) is 0 Å². The minimum Gasteiger partial charge on any atom is -0.460 e. The van der Waals surface area contributed by atoms with Crippen LogP contribution in [0.25, 0.3) is 5.57 Å². The van der Waals surface area contributed by atoms with Crippen LogP contribution in [0.3, 0.4) is 0 Å². The predicted octanol–water partition coefficient (Wildman–Crippen LogP) is 7.55. The maximum absolute atomic E-state index is 13.9. The molecule has 0 aliphatic carbocycles. The van der Waals surface area contributed by atoms with E-state index in [1.165, 1.54) is 10.4 Å². The van der Waals surface area contributed by atoms with Gasteiger partial charge in [-0.2, -0.15) is 14.3 Å². The van der Waals surface area contributed by atoms with E-state index >= 15 is 0 Å². The third-order valence-electron chi connectivity index (χ3n) is 6.31. The Hall–Kier alpha value is -3.62. The fourth-order valence-electron chi connectivity index (χ4n) is 4.48. The summed E-state index contributed by atoms with van der Waals surface area (Å²) >= 11 is 3.47. The van der Waals surface area contributed by atoms with Crippen molar-refractivity contribution in [2.24, 2.45) is 9.98 Å². The molecule has 0 saturated carbocycles. The van der Waals surface area contributed by atoms with E-state index in [0.29, 0.717) is 28.1 Å². The summed E-state index contributed by atoms with van der Waals surface area (Å²) in [5, 5.41) is 0. The molecular formula is C31H30BrN3O4S. The van der Waals surface area contributed by atoms with Gasteiger partial charge in [-0.25, -0.2) is 13.2 Å². The van der Waals surface area contributed by atoms with Gasteiger partial charge in [-0.15, -0.1) is 6.58 Å². The molecule has 1 aliphatic rings. The van der Waals surface area contributed by atoms with Crippen LogP contribution >= 0.6 is 15.9 Å². The Morgan fingerprint density at radius 3 is 2.42 bits per heavy atom. The van der Waals surface area contributed by atoms with Gasteiger partial charge in [-0.05, 0) is 84.6 Å². The zero-order valence-corrected chi connectivity index (χ0v) is 24.9. The number of fused-ring (bicyclic) bond motifs is 1. The second-order valence-electron chi connectivity index (χ2n) is 9.53. The fourth-order valence-corrected chi connectivity index (χ4v) is 6.44. The van der Waals surface area contributed by atoms with E-state index in [4.69, 9.17) is 4.74 Å². The maximum atomic E-state index is 13.9. The smallest absolute Gasteiger partial charge is 0.331 e. The summed E-state index contributed by atoms with van der Waals surface area (Å²) in [4.78, 5) is 21.8. The van der Waals surface area contributed by atoms with Crippen molar-refractivity contribution in [1.82, 2.24) is 4.31 Å². The zero-order valence-electron chi connectivity index (χ0n) is 22.5. The van der Waals surface area contributed by atoms with E-state index in [1.807, 2.05) is 37.3 Å². The Bertz CT molecular complexity index is 1620. The van der Waals surface area contributed by atoms with Crippen LogP contribution in [0.2, 0.25) is 0 Å². The number of rotatable bonds is 7. The number of para-hydroxylation sites is 1. The number of hydrogen-bond acceptors (Lipinski definition) is 6. The van der Waals surface area contributed by atoms with E-state index in [1.54, 1.807) is 56.3 Å². The van der Waals surface area contributed by atoms with E-state index in [2.05, 4.69) is 38.5 Å². The Labute approximate surface area is 243 Å². The summed E-state index contributed by atoms with van der Waals surface area (Å²) in [7, 11) is -3.90. The number of aliphatic imine (C=N–C) groups is 2. The molecule has 0 amide bonds. The number of benzene rings is 3. The lowest BCUT2D eigenvalue weighted by Crippen LogP contribution is -2.34. The average molecular weight is 621 g/mol. The van der Waals surface area contributed by atoms with Crippen LogP contribution in [0.4, 0.5) is 11.4 Å². The number of nitrogens with zero attached hydrogens (tertiary/aromatic N) is 3. The Balaban J connectivity index is 1.88. The Morgan fingerprint density at radius 2 is 1.75 bits per heavy atom. The van der Waals surface area contributed by atoms with Crippen molar-refractivity contribution < 1.29 is 17.9 Å². The highest BCUT2D eigenvalue weighted by Crippen LogP contribution is 2.42. The molecule has 0 aromatic heterocycles. The summed E-state index contributed by atoms with van der Waals surface area (Å²) in [6.45, 7) is 9.55. The zero-order chi connectivity index (χ0) is 28.9. The van der Waals surface area contributed by atoms with E-state index in [0.717, 1.165) is 10.0 Å². The number of hydrogen-bond donors (Lipinski definition) is 0. The normalized spacial score (nSPS) is 16.5. The first kappa shape index (κ1) is 29.4. The molecule has 0 unspecified atom stereocenters. The predicted molar refractivity (Wildman–Crippen MR) is 162 cm³/mol. The van der Waals surface area contributed by atoms with Gasteiger partial charge >= 0.3 is 5.97 Å². The number of aryl methyl sites for hydroxylation is 1. The number of esters is 1. The molecule has 0 saturated heterocycles. The molecule has 3 aromatic rings. The molecular weight excluding hydrogens is 590 g/mol. The van der Waals surface area contributed by atoms with Gasteiger partial charge in [0.2, 0.25) is 10.0 Å². The van der Waals surface area contributed by atoms with Crippen LogP contribution in [0, 0.1) is 6.92 Å². The first-order chi connectivity index (χ1) is 19.1. The summed E-state index contributed by atoms with van der Waals surface area (Å²) in [5.74, 6) is -0.512. The Morgan fingerprint density at radius 1 is 1.07 bits per heavy atom. The van der Waals surface area contributed by atoms with Gasteiger partial charge < -0.3 is 4.74 Å². The van der Waals surface area contributed by atoms with Crippen molar-refractivity contribution in [2.75, 3.05) is 6.54 Å². The number of halogens is 1. The highest BCUT2D eigenvalue weighted by atomic mass is 79.9. The summed E-state index contributed by atoms with van der Waals surface area (Å²) in [6.07, 6.45) is 2.97. The molecule has 1 heterocycles. The fraction of sp³-hybridized carbons (Fsp3) is 0.226. The molecule has 0 N–H and O–H groups in total. The van der Waals surface area contributed by atoms with Gasteiger partial charge in [-0.1, -0.05) is 48.0 Å². The van der Waals surface area contributed by atoms with Gasteiger partial charge in [0.05, 0.1) is 28.4 Å². The molecule has 0 radical (unpaired) electrons. The van der Waals surface area contributed by atoms with Gasteiger partial charge in [0, 0.05) is 22.7 Å². The molecule has 3 aromatic carbocycles. The number of ether oxygens (including phenoxy) is 1. The van der Waals surface area contributed by atoms with Crippen LogP contribution in [-0.4, -0.2) is 37.3 Å². The van der Waals surface area contributed by atoms with Crippen LogP contribution in [0.1, 0.15) is 43.0 Å². The molecule has 9 heteroatoms. The molecule has 0 bridgehead atoms. The molecule has 206 valence electrons. The van der Waals surface area contributed by atoms with Gasteiger partial charge in [0.15, 0.2) is 0 Å². The SMILES string of the molecule is C=C[C@@H]1c2cccc(N=C=Nc3ccccc3Br)c2/C(=C/C(=O)OC(C)C)CCN1S(=O)(=O)c1ccc(C)cc1. The molecule has 4 rings (SSSR count). The van der Waals surface area contributed by atoms with E-state index in [-0.39, 0.29) is 24.0 Å². The minimum atomic E-state index is -3.90. The average Bonchev–Trinajstić information content (AvgIpc) is 3.07. The number of carbonyl (C=O) groups is 1. The van der Waals surface area contributed by atoms with Crippen LogP contribution in [-0.2, 0) is 19.6 Å². The first-order valence-corrected chi connectivity index (χ1v) is 15.0. The van der Waals surface area contributed by atoms with Gasteiger partial charge in [-0.3, -0.25) is 0 Å². The second kappa shape index (κ2) is 12.7.